The molecule has 0 aliphatic heterocycles. The van der Waals surface area contributed by atoms with E-state index < -0.39 is 0 Å². The molecule has 0 atom stereocenters. The molecule has 0 spiro atoms. The Bertz CT molecular complexity index is 315. The van der Waals surface area contributed by atoms with Crippen LogP contribution in [0.2, 0.25) is 0 Å². The number of hydrogen-bond acceptors (Lipinski definition) is 3. The normalized spacial score (nSPS) is 9.79. The molecule has 0 unspecified atom stereocenters. The van der Waals surface area contributed by atoms with Gasteiger partial charge in [0.25, 0.3) is 0 Å². The fourth-order valence-corrected chi connectivity index (χ4v) is 1.09. The Hall–Kier alpha value is -1.16. The van der Waals surface area contributed by atoms with E-state index >= 15 is 0 Å². The molecule has 1 rings (SSSR count). The largest absolute Gasteiger partial charge is 0.478 e. The molecule has 76 valence electrons. The maximum atomic E-state index is 5.49. The Morgan fingerprint density at radius 2 is 2.43 bits per heavy atom. The number of nitrogens with zero attached hydrogens (tertiary/aromatic N) is 1. The predicted molar refractivity (Wildman–Crippen MR) is 60.5 cm³/mol. The molecular formula is C10H14N2OS. The maximum Gasteiger partial charge on any atom is 0.213 e. The van der Waals surface area contributed by atoms with Crippen LogP contribution < -0.4 is 10.5 Å². The summed E-state index contributed by atoms with van der Waals surface area (Å²) in [5, 5.41) is 0. The Kier molecular flexibility index (Phi) is 4.32. The van der Waals surface area contributed by atoms with Crippen LogP contribution >= 0.6 is 12.2 Å². The third kappa shape index (κ3) is 3.30. The predicted octanol–water partition coefficient (Wildman–Crippen LogP) is 1.89. The monoisotopic (exact) mass is 210 g/mol. The second-order valence-corrected chi connectivity index (χ2v) is 3.39. The van der Waals surface area contributed by atoms with Crippen LogP contribution in [0.5, 0.6) is 5.88 Å². The van der Waals surface area contributed by atoms with Gasteiger partial charge in [-0.05, 0) is 12.5 Å². The van der Waals surface area contributed by atoms with E-state index in [1.165, 1.54) is 0 Å². The molecule has 0 radical (unpaired) electrons. The van der Waals surface area contributed by atoms with E-state index in [-0.39, 0.29) is 0 Å². The van der Waals surface area contributed by atoms with Crippen LogP contribution in [-0.4, -0.2) is 16.6 Å². The number of aromatic nitrogens is 1. The van der Waals surface area contributed by atoms with Crippen molar-refractivity contribution in [3.63, 3.8) is 0 Å². The maximum absolute atomic E-state index is 5.49. The Labute approximate surface area is 89.3 Å². The van der Waals surface area contributed by atoms with Gasteiger partial charge in [-0.2, -0.15) is 0 Å². The molecule has 0 amide bonds. The summed E-state index contributed by atoms with van der Waals surface area (Å²) in [6, 6.07) is 3.53. The van der Waals surface area contributed by atoms with Crippen LogP contribution in [0.15, 0.2) is 18.3 Å². The highest BCUT2D eigenvalue weighted by atomic mass is 32.1. The molecule has 0 aliphatic rings. The number of nitrogens with two attached hydrogens (primary N) is 1. The first-order valence-electron chi connectivity index (χ1n) is 4.62. The lowest BCUT2D eigenvalue weighted by atomic mass is 10.3. The van der Waals surface area contributed by atoms with E-state index in [1.54, 1.807) is 18.3 Å². The van der Waals surface area contributed by atoms with Crippen LogP contribution in [0.1, 0.15) is 25.3 Å². The topological polar surface area (TPSA) is 48.1 Å². The van der Waals surface area contributed by atoms with Crippen LogP contribution in [0.25, 0.3) is 0 Å². The summed E-state index contributed by atoms with van der Waals surface area (Å²) < 4.78 is 5.41. The van der Waals surface area contributed by atoms with Crippen molar-refractivity contribution in [2.24, 2.45) is 5.73 Å². The molecule has 4 heteroatoms. The molecule has 1 heterocycles. The van der Waals surface area contributed by atoms with Gasteiger partial charge >= 0.3 is 0 Å². The first-order chi connectivity index (χ1) is 6.74. The molecule has 14 heavy (non-hydrogen) atoms. The van der Waals surface area contributed by atoms with E-state index in [9.17, 15) is 0 Å². The second kappa shape index (κ2) is 5.54. The lowest BCUT2D eigenvalue weighted by molar-refractivity contribution is 0.298. The van der Waals surface area contributed by atoms with Crippen molar-refractivity contribution in [2.45, 2.75) is 19.8 Å². The highest BCUT2D eigenvalue weighted by Crippen LogP contribution is 2.09. The Morgan fingerprint density at radius 1 is 1.64 bits per heavy atom. The summed E-state index contributed by atoms with van der Waals surface area (Å²) >= 11 is 4.85. The summed E-state index contributed by atoms with van der Waals surface area (Å²) in [5.74, 6) is 0.587. The van der Waals surface area contributed by atoms with E-state index in [0.717, 1.165) is 18.4 Å². The van der Waals surface area contributed by atoms with Gasteiger partial charge in [-0.15, -0.1) is 0 Å². The van der Waals surface area contributed by atoms with Gasteiger partial charge in [0.1, 0.15) is 4.99 Å². The lowest BCUT2D eigenvalue weighted by Crippen LogP contribution is -2.10. The third-order valence-corrected chi connectivity index (χ3v) is 2.00. The highest BCUT2D eigenvalue weighted by Gasteiger charge is 1.99. The van der Waals surface area contributed by atoms with Crippen molar-refractivity contribution in [3.8, 4) is 5.88 Å². The second-order valence-electron chi connectivity index (χ2n) is 2.95. The minimum atomic E-state index is 0.368. The number of pyridine rings is 1. The van der Waals surface area contributed by atoms with Gasteiger partial charge in [-0.25, -0.2) is 4.98 Å². The van der Waals surface area contributed by atoms with Gasteiger partial charge in [-0.3, -0.25) is 0 Å². The van der Waals surface area contributed by atoms with Crippen LogP contribution in [-0.2, 0) is 0 Å². The molecule has 1 aromatic heterocycles. The minimum Gasteiger partial charge on any atom is -0.478 e. The third-order valence-electron chi connectivity index (χ3n) is 1.77. The van der Waals surface area contributed by atoms with E-state index in [0.29, 0.717) is 17.5 Å². The van der Waals surface area contributed by atoms with Crippen molar-refractivity contribution >= 4 is 17.2 Å². The highest BCUT2D eigenvalue weighted by molar-refractivity contribution is 7.80. The summed E-state index contributed by atoms with van der Waals surface area (Å²) in [6.07, 6.45) is 3.78. The average Bonchev–Trinajstić information content (AvgIpc) is 2.19. The number of unbranched alkanes of at least 4 members (excludes halogenated alkanes) is 1. The van der Waals surface area contributed by atoms with Crippen molar-refractivity contribution in [3.05, 3.63) is 23.9 Å². The van der Waals surface area contributed by atoms with Crippen LogP contribution in [0, 0.1) is 0 Å². The summed E-state index contributed by atoms with van der Waals surface area (Å²) in [4.78, 5) is 4.42. The molecule has 0 saturated heterocycles. The van der Waals surface area contributed by atoms with Crippen molar-refractivity contribution in [2.75, 3.05) is 6.61 Å². The number of ether oxygens (including phenoxy) is 1. The molecule has 0 aromatic carbocycles. The molecule has 3 nitrogen and oxygen atoms in total. The van der Waals surface area contributed by atoms with Crippen molar-refractivity contribution in [1.29, 1.82) is 0 Å². The molecule has 2 N–H and O–H groups in total. The summed E-state index contributed by atoms with van der Waals surface area (Å²) in [6.45, 7) is 2.80. The van der Waals surface area contributed by atoms with Crippen molar-refractivity contribution in [1.82, 2.24) is 4.98 Å². The SMILES string of the molecule is CCCCOc1cc(C(N)=S)ccn1. The van der Waals surface area contributed by atoms with Gasteiger partial charge in [0.15, 0.2) is 0 Å². The quantitative estimate of drug-likeness (QED) is 0.595. The minimum absolute atomic E-state index is 0.368. The first-order valence-corrected chi connectivity index (χ1v) is 5.03. The van der Waals surface area contributed by atoms with E-state index in [1.807, 2.05) is 0 Å². The molecule has 0 aliphatic carbocycles. The number of rotatable bonds is 5. The first kappa shape index (κ1) is 10.9. The number of thiocarbonyl (C=S) groups is 1. The van der Waals surface area contributed by atoms with Gasteiger partial charge < -0.3 is 10.5 Å². The summed E-state index contributed by atoms with van der Waals surface area (Å²) in [5.41, 5.74) is 6.28. The lowest BCUT2D eigenvalue weighted by Gasteiger charge is -2.05. The Morgan fingerprint density at radius 3 is 3.07 bits per heavy atom. The van der Waals surface area contributed by atoms with Crippen LogP contribution in [0.3, 0.4) is 0 Å². The zero-order valence-electron chi connectivity index (χ0n) is 8.19. The fraction of sp³-hybridized carbons (Fsp3) is 0.400. The van der Waals surface area contributed by atoms with E-state index in [4.69, 9.17) is 22.7 Å². The molecule has 1 aromatic rings. The summed E-state index contributed by atoms with van der Waals surface area (Å²) in [7, 11) is 0. The molecule has 0 fully saturated rings. The molecule has 0 saturated carbocycles. The number of hydrogen-bond donors (Lipinski definition) is 1. The Balaban J connectivity index is 2.59. The van der Waals surface area contributed by atoms with Gasteiger partial charge in [0.2, 0.25) is 5.88 Å². The smallest absolute Gasteiger partial charge is 0.213 e. The molecular weight excluding hydrogens is 196 g/mol. The molecule has 0 bridgehead atoms. The standard InChI is InChI=1S/C10H14N2OS/c1-2-3-6-13-9-7-8(10(11)14)4-5-12-9/h4-5,7H,2-3,6H2,1H3,(H2,11,14). The fourth-order valence-electron chi connectivity index (χ4n) is 0.963. The van der Waals surface area contributed by atoms with Gasteiger partial charge in [0, 0.05) is 17.8 Å². The van der Waals surface area contributed by atoms with Crippen molar-refractivity contribution < 1.29 is 4.74 Å². The zero-order valence-corrected chi connectivity index (χ0v) is 9.01. The van der Waals surface area contributed by atoms with E-state index in [2.05, 4.69) is 11.9 Å². The van der Waals surface area contributed by atoms with Gasteiger partial charge in [0.05, 0.1) is 6.61 Å². The average molecular weight is 210 g/mol. The van der Waals surface area contributed by atoms with Gasteiger partial charge in [-0.1, -0.05) is 25.6 Å². The zero-order chi connectivity index (χ0) is 10.4. The van der Waals surface area contributed by atoms with Crippen LogP contribution in [0.4, 0.5) is 0 Å².